The highest BCUT2D eigenvalue weighted by molar-refractivity contribution is 5.78. The Bertz CT molecular complexity index is 167. The summed E-state index contributed by atoms with van der Waals surface area (Å²) >= 11 is 0. The maximum Gasteiger partial charge on any atom is 0.234 e. The van der Waals surface area contributed by atoms with Gasteiger partial charge in [0, 0.05) is 0 Å². The number of carbonyl (C=O) groups is 1. The Morgan fingerprint density at radius 1 is 1.54 bits per heavy atom. The lowest BCUT2D eigenvalue weighted by Crippen LogP contribution is -2.49. The fraction of sp³-hybridized carbons (Fsp3) is 0.889. The molecule has 13 heavy (non-hydrogen) atoms. The van der Waals surface area contributed by atoms with E-state index in [1.807, 2.05) is 27.7 Å². The lowest BCUT2D eigenvalue weighted by Gasteiger charge is -2.26. The lowest BCUT2D eigenvalue weighted by molar-refractivity contribution is -0.122. The molecule has 0 bridgehead atoms. The SMILES string of the molecule is CC(C)OCC(C)(C)NC(=O)CN. The summed E-state index contributed by atoms with van der Waals surface area (Å²) in [5, 5.41) is 2.77. The Morgan fingerprint density at radius 2 is 2.08 bits per heavy atom. The minimum Gasteiger partial charge on any atom is -0.376 e. The molecular formula is C9H20N2O2. The summed E-state index contributed by atoms with van der Waals surface area (Å²) in [5.41, 5.74) is 4.84. The molecule has 1 amide bonds. The van der Waals surface area contributed by atoms with Gasteiger partial charge in [-0.25, -0.2) is 0 Å². The number of nitrogens with two attached hydrogens (primary N) is 1. The van der Waals surface area contributed by atoms with Crippen LogP contribution in [0.4, 0.5) is 0 Å². The van der Waals surface area contributed by atoms with Crippen molar-refractivity contribution in [1.29, 1.82) is 0 Å². The molecule has 0 atom stereocenters. The molecule has 0 aliphatic carbocycles. The van der Waals surface area contributed by atoms with Gasteiger partial charge in [-0.15, -0.1) is 0 Å². The predicted molar refractivity (Wildman–Crippen MR) is 52.4 cm³/mol. The van der Waals surface area contributed by atoms with Crippen molar-refractivity contribution in [2.75, 3.05) is 13.2 Å². The van der Waals surface area contributed by atoms with Crippen LogP contribution in [0.5, 0.6) is 0 Å². The van der Waals surface area contributed by atoms with Gasteiger partial charge in [-0.1, -0.05) is 0 Å². The molecule has 0 fully saturated rings. The molecule has 0 unspecified atom stereocenters. The molecule has 0 aromatic heterocycles. The molecule has 3 N–H and O–H groups in total. The van der Waals surface area contributed by atoms with Crippen molar-refractivity contribution in [2.45, 2.75) is 39.3 Å². The second-order valence-electron chi connectivity index (χ2n) is 4.00. The van der Waals surface area contributed by atoms with E-state index in [2.05, 4.69) is 5.32 Å². The number of nitrogens with one attached hydrogen (secondary N) is 1. The highest BCUT2D eigenvalue weighted by atomic mass is 16.5. The molecule has 0 aliphatic heterocycles. The van der Waals surface area contributed by atoms with Gasteiger partial charge in [-0.05, 0) is 27.7 Å². The van der Waals surface area contributed by atoms with E-state index < -0.39 is 0 Å². The van der Waals surface area contributed by atoms with Crippen molar-refractivity contribution in [1.82, 2.24) is 5.32 Å². The van der Waals surface area contributed by atoms with Crippen molar-refractivity contribution >= 4 is 5.91 Å². The summed E-state index contributed by atoms with van der Waals surface area (Å²) in [6.45, 7) is 8.25. The average molecular weight is 188 g/mol. The molecule has 0 saturated carbocycles. The van der Waals surface area contributed by atoms with Crippen LogP contribution in [0.25, 0.3) is 0 Å². The number of hydrogen-bond acceptors (Lipinski definition) is 3. The van der Waals surface area contributed by atoms with Crippen LogP contribution in [-0.4, -0.2) is 30.7 Å². The first-order valence-electron chi connectivity index (χ1n) is 4.50. The van der Waals surface area contributed by atoms with Gasteiger partial charge in [0.05, 0.1) is 24.8 Å². The van der Waals surface area contributed by atoms with E-state index in [0.717, 1.165) is 0 Å². The molecule has 0 heterocycles. The molecule has 78 valence electrons. The largest absolute Gasteiger partial charge is 0.376 e. The number of amides is 1. The van der Waals surface area contributed by atoms with Crippen LogP contribution in [0.3, 0.4) is 0 Å². The van der Waals surface area contributed by atoms with Crippen LogP contribution in [-0.2, 0) is 9.53 Å². The molecule has 0 saturated heterocycles. The summed E-state index contributed by atoms with van der Waals surface area (Å²) < 4.78 is 5.40. The smallest absolute Gasteiger partial charge is 0.234 e. The Hall–Kier alpha value is -0.610. The van der Waals surface area contributed by atoms with Crippen molar-refractivity contribution in [3.8, 4) is 0 Å². The highest BCUT2D eigenvalue weighted by Crippen LogP contribution is 2.04. The van der Waals surface area contributed by atoms with Gasteiger partial charge in [0.1, 0.15) is 0 Å². The second-order valence-corrected chi connectivity index (χ2v) is 4.00. The van der Waals surface area contributed by atoms with Crippen molar-refractivity contribution < 1.29 is 9.53 Å². The van der Waals surface area contributed by atoms with Crippen LogP contribution in [0.15, 0.2) is 0 Å². The van der Waals surface area contributed by atoms with Crippen LogP contribution in [0.2, 0.25) is 0 Å². The number of carbonyl (C=O) groups excluding carboxylic acids is 1. The topological polar surface area (TPSA) is 64.3 Å². The Morgan fingerprint density at radius 3 is 2.46 bits per heavy atom. The first kappa shape index (κ1) is 12.4. The molecule has 0 aromatic carbocycles. The third-order valence-corrected chi connectivity index (χ3v) is 1.44. The molecular weight excluding hydrogens is 168 g/mol. The number of hydrogen-bond donors (Lipinski definition) is 2. The quantitative estimate of drug-likeness (QED) is 0.650. The summed E-state index contributed by atoms with van der Waals surface area (Å²) in [5.74, 6) is -0.155. The first-order valence-corrected chi connectivity index (χ1v) is 4.50. The monoisotopic (exact) mass is 188 g/mol. The third-order valence-electron chi connectivity index (χ3n) is 1.44. The third kappa shape index (κ3) is 6.54. The van der Waals surface area contributed by atoms with Crippen LogP contribution in [0.1, 0.15) is 27.7 Å². The van der Waals surface area contributed by atoms with Crippen LogP contribution in [0, 0.1) is 0 Å². The maximum absolute atomic E-state index is 11.0. The molecule has 4 nitrogen and oxygen atoms in total. The number of ether oxygens (including phenoxy) is 1. The molecule has 0 aliphatic rings. The van der Waals surface area contributed by atoms with Crippen LogP contribution < -0.4 is 11.1 Å². The zero-order valence-electron chi connectivity index (χ0n) is 8.89. The zero-order valence-corrected chi connectivity index (χ0v) is 8.89. The van der Waals surface area contributed by atoms with E-state index >= 15 is 0 Å². The summed E-state index contributed by atoms with van der Waals surface area (Å²) in [7, 11) is 0. The summed E-state index contributed by atoms with van der Waals surface area (Å²) in [6, 6.07) is 0. The Labute approximate surface area is 79.8 Å². The maximum atomic E-state index is 11.0. The van der Waals surface area contributed by atoms with Gasteiger partial charge in [-0.3, -0.25) is 4.79 Å². The fourth-order valence-electron chi connectivity index (χ4n) is 0.840. The van der Waals surface area contributed by atoms with Crippen LogP contribution >= 0.6 is 0 Å². The Balaban J connectivity index is 3.86. The molecule has 0 radical (unpaired) electrons. The van der Waals surface area contributed by atoms with Gasteiger partial charge >= 0.3 is 0 Å². The lowest BCUT2D eigenvalue weighted by atomic mass is 10.1. The van der Waals surface area contributed by atoms with Crippen molar-refractivity contribution in [3.63, 3.8) is 0 Å². The molecule has 4 heteroatoms. The van der Waals surface area contributed by atoms with Crippen molar-refractivity contribution in [3.05, 3.63) is 0 Å². The standard InChI is InChI=1S/C9H20N2O2/c1-7(2)13-6-9(3,4)11-8(12)5-10/h7H,5-6,10H2,1-4H3,(H,11,12). The predicted octanol–water partition coefficient (Wildman–Crippen LogP) is 0.265. The van der Waals surface area contributed by atoms with E-state index in [9.17, 15) is 4.79 Å². The highest BCUT2D eigenvalue weighted by Gasteiger charge is 2.20. The average Bonchev–Trinajstić information content (AvgIpc) is 2.00. The van der Waals surface area contributed by atoms with Gasteiger partial charge < -0.3 is 15.8 Å². The summed E-state index contributed by atoms with van der Waals surface area (Å²) in [6.07, 6.45) is 0.175. The fourth-order valence-corrected chi connectivity index (χ4v) is 0.840. The van der Waals surface area contributed by atoms with E-state index in [1.54, 1.807) is 0 Å². The molecule has 0 rings (SSSR count). The Kier molecular flexibility index (Phi) is 4.95. The second kappa shape index (κ2) is 5.19. The van der Waals surface area contributed by atoms with E-state index in [-0.39, 0.29) is 24.1 Å². The molecule has 0 spiro atoms. The van der Waals surface area contributed by atoms with Crippen molar-refractivity contribution in [2.24, 2.45) is 5.73 Å². The van der Waals surface area contributed by atoms with E-state index in [1.165, 1.54) is 0 Å². The normalized spacial score (nSPS) is 11.8. The van der Waals surface area contributed by atoms with Gasteiger partial charge in [0.25, 0.3) is 0 Å². The van der Waals surface area contributed by atoms with E-state index in [4.69, 9.17) is 10.5 Å². The molecule has 0 aromatic rings. The zero-order chi connectivity index (χ0) is 10.5. The van der Waals surface area contributed by atoms with Gasteiger partial charge in [-0.2, -0.15) is 0 Å². The van der Waals surface area contributed by atoms with Gasteiger partial charge in [0.2, 0.25) is 5.91 Å². The minimum atomic E-state index is -0.347. The first-order chi connectivity index (χ1) is 5.87. The van der Waals surface area contributed by atoms with E-state index in [0.29, 0.717) is 6.61 Å². The number of rotatable bonds is 5. The van der Waals surface area contributed by atoms with Gasteiger partial charge in [0.15, 0.2) is 0 Å². The summed E-state index contributed by atoms with van der Waals surface area (Å²) in [4.78, 5) is 11.0. The minimum absolute atomic E-state index is 0.0190.